The summed E-state index contributed by atoms with van der Waals surface area (Å²) in [5.74, 6) is 0. The Morgan fingerprint density at radius 3 is 1.70 bits per heavy atom. The summed E-state index contributed by atoms with van der Waals surface area (Å²) < 4.78 is 11.0. The van der Waals surface area contributed by atoms with Crippen molar-refractivity contribution in [2.75, 3.05) is 26.5 Å². The first-order chi connectivity index (χ1) is 10.8. The molecule has 0 atom stereocenters. The minimum absolute atomic E-state index is 0. The number of halogens is 1. The molecule has 23 heavy (non-hydrogen) atoms. The summed E-state index contributed by atoms with van der Waals surface area (Å²) in [4.78, 5) is 0. The Morgan fingerprint density at radius 1 is 0.913 bits per heavy atom. The van der Waals surface area contributed by atoms with Gasteiger partial charge in [-0.05, 0) is 24.3 Å². The first-order valence-corrected chi connectivity index (χ1v) is 9.57. The Bertz CT molecular complexity index is 531. The quantitative estimate of drug-likeness (QED) is 0.368. The lowest BCUT2D eigenvalue weighted by atomic mass is 10.4. The molecule has 0 N–H and O–H groups in total. The molecule has 0 radical (unpaired) electrons. The minimum atomic E-state index is -1.66. The summed E-state index contributed by atoms with van der Waals surface area (Å²) in [6.07, 6.45) is 3.59. The van der Waals surface area contributed by atoms with Crippen LogP contribution in [0.5, 0.6) is 0 Å². The van der Waals surface area contributed by atoms with Crippen LogP contribution in [0.15, 0.2) is 73.3 Å². The highest BCUT2D eigenvalue weighted by Gasteiger charge is 2.44. The summed E-state index contributed by atoms with van der Waals surface area (Å²) in [5, 5.41) is 2.72. The number of benzene rings is 2. The fourth-order valence-corrected chi connectivity index (χ4v) is 6.82. The number of rotatable bonds is 8. The van der Waals surface area contributed by atoms with Gasteiger partial charge in [-0.25, -0.2) is 0 Å². The number of hydrogen-bond acceptors (Lipinski definition) is 2. The van der Waals surface area contributed by atoms with Crippen LogP contribution < -0.4 is 27.6 Å². The molecular weight excluding hydrogens is 371 g/mol. The molecule has 0 aliphatic carbocycles. The first kappa shape index (κ1) is 20.1. The molecule has 2 nitrogen and oxygen atoms in total. The molecule has 0 aromatic heterocycles. The topological polar surface area (TPSA) is 18.5 Å². The summed E-state index contributed by atoms with van der Waals surface area (Å²) in [6, 6.07) is 21.4. The molecule has 0 saturated carbocycles. The van der Waals surface area contributed by atoms with Crippen LogP contribution >= 0.6 is 7.26 Å². The van der Waals surface area contributed by atoms with E-state index < -0.39 is 7.26 Å². The highest BCUT2D eigenvalue weighted by Crippen LogP contribution is 2.57. The highest BCUT2D eigenvalue weighted by molar-refractivity contribution is 7.89. The van der Waals surface area contributed by atoms with Gasteiger partial charge in [0.2, 0.25) is 0 Å². The Hall–Kier alpha value is -0.990. The molecule has 0 aliphatic heterocycles. The van der Waals surface area contributed by atoms with Gasteiger partial charge in [0, 0.05) is 14.2 Å². The maximum Gasteiger partial charge on any atom is 0.191 e. The second-order valence-corrected chi connectivity index (χ2v) is 8.89. The minimum Gasteiger partial charge on any atom is -1.00 e. The molecule has 2 rings (SSSR count). The second-order valence-electron chi connectivity index (χ2n) is 5.19. The third-order valence-electron chi connectivity index (χ3n) is 3.93. The van der Waals surface area contributed by atoms with Crippen molar-refractivity contribution in [3.8, 4) is 0 Å². The van der Waals surface area contributed by atoms with Crippen LogP contribution in [0.4, 0.5) is 0 Å². The van der Waals surface area contributed by atoms with Gasteiger partial charge in [0.1, 0.15) is 6.16 Å². The van der Waals surface area contributed by atoms with Crippen molar-refractivity contribution in [2.45, 2.75) is 6.29 Å². The van der Waals surface area contributed by atoms with E-state index in [2.05, 4.69) is 67.2 Å². The van der Waals surface area contributed by atoms with Crippen LogP contribution in [0.1, 0.15) is 0 Å². The maximum absolute atomic E-state index is 5.52. The Labute approximate surface area is 150 Å². The lowest BCUT2D eigenvalue weighted by Gasteiger charge is -2.29. The van der Waals surface area contributed by atoms with Gasteiger partial charge in [0.05, 0.1) is 24.0 Å². The molecule has 0 heterocycles. The molecule has 0 aliphatic rings. The molecular formula is C19H24BrO2P. The van der Waals surface area contributed by atoms with E-state index in [1.165, 1.54) is 10.6 Å². The molecule has 0 fully saturated rings. The molecule has 0 bridgehead atoms. The highest BCUT2D eigenvalue weighted by atomic mass is 79.9. The van der Waals surface area contributed by atoms with Crippen LogP contribution in [-0.2, 0) is 9.47 Å². The zero-order valence-electron chi connectivity index (χ0n) is 13.7. The van der Waals surface area contributed by atoms with E-state index in [9.17, 15) is 0 Å². The van der Waals surface area contributed by atoms with Crippen molar-refractivity contribution in [1.82, 2.24) is 0 Å². The van der Waals surface area contributed by atoms with Gasteiger partial charge in [0.15, 0.2) is 6.29 Å². The van der Waals surface area contributed by atoms with Crippen LogP contribution in [0, 0.1) is 0 Å². The predicted octanol–water partition coefficient (Wildman–Crippen LogP) is 0.464. The van der Waals surface area contributed by atoms with Crippen LogP contribution in [0.2, 0.25) is 0 Å². The number of hydrogen-bond donors (Lipinski definition) is 0. The van der Waals surface area contributed by atoms with Gasteiger partial charge >= 0.3 is 0 Å². The van der Waals surface area contributed by atoms with Gasteiger partial charge in [-0.1, -0.05) is 49.1 Å². The Kier molecular flexibility index (Phi) is 8.72. The fourth-order valence-electron chi connectivity index (χ4n) is 2.79. The standard InChI is InChI=1S/C19H24O2P.BrH/c1-4-15-22(16-19(20-2)21-3,17-11-7-5-8-12-17)18-13-9-6-10-14-18;/h4-14,19H,1,15-16H2,2-3H3;1H/q+1;/p-1. The fraction of sp³-hybridized carbons (Fsp3) is 0.263. The van der Waals surface area contributed by atoms with Crippen molar-refractivity contribution >= 4 is 17.9 Å². The second kappa shape index (κ2) is 10.00. The van der Waals surface area contributed by atoms with Crippen LogP contribution in [0.25, 0.3) is 0 Å². The molecule has 2 aromatic rings. The van der Waals surface area contributed by atoms with E-state index in [-0.39, 0.29) is 23.3 Å². The number of ether oxygens (including phenoxy) is 2. The summed E-state index contributed by atoms with van der Waals surface area (Å²) in [7, 11) is 1.74. The average molecular weight is 395 g/mol. The van der Waals surface area contributed by atoms with Crippen LogP contribution in [-0.4, -0.2) is 32.8 Å². The molecule has 0 saturated heterocycles. The Morgan fingerprint density at radius 2 is 1.35 bits per heavy atom. The van der Waals surface area contributed by atoms with Gasteiger partial charge in [0.25, 0.3) is 0 Å². The Balaban J connectivity index is 0.00000264. The van der Waals surface area contributed by atoms with E-state index >= 15 is 0 Å². The monoisotopic (exact) mass is 394 g/mol. The molecule has 2 aromatic carbocycles. The zero-order chi connectivity index (χ0) is 15.8. The summed E-state index contributed by atoms with van der Waals surface area (Å²) in [5.41, 5.74) is 0. The van der Waals surface area contributed by atoms with Crippen molar-refractivity contribution < 1.29 is 26.5 Å². The largest absolute Gasteiger partial charge is 1.00 e. The molecule has 0 unspecified atom stereocenters. The van der Waals surface area contributed by atoms with E-state index in [0.717, 1.165) is 12.3 Å². The van der Waals surface area contributed by atoms with E-state index in [1.54, 1.807) is 14.2 Å². The van der Waals surface area contributed by atoms with Crippen molar-refractivity contribution in [2.24, 2.45) is 0 Å². The van der Waals surface area contributed by atoms with E-state index in [0.29, 0.717) is 0 Å². The lowest BCUT2D eigenvalue weighted by molar-refractivity contribution is -0.0850. The average Bonchev–Trinajstić information content (AvgIpc) is 2.60. The lowest BCUT2D eigenvalue weighted by Crippen LogP contribution is -3.00. The summed E-state index contributed by atoms with van der Waals surface area (Å²) in [6.45, 7) is 4.00. The van der Waals surface area contributed by atoms with Crippen molar-refractivity contribution in [3.05, 3.63) is 73.3 Å². The third-order valence-corrected chi connectivity index (χ3v) is 8.30. The number of methoxy groups -OCH3 is 2. The van der Waals surface area contributed by atoms with Crippen molar-refractivity contribution in [1.29, 1.82) is 0 Å². The normalized spacial score (nSPS) is 11.1. The molecule has 0 spiro atoms. The van der Waals surface area contributed by atoms with Gasteiger partial charge < -0.3 is 26.5 Å². The SMILES string of the molecule is C=CC[P+](CC(OC)OC)(c1ccccc1)c1ccccc1.[Br-]. The van der Waals surface area contributed by atoms with Gasteiger partial charge in [-0.2, -0.15) is 0 Å². The van der Waals surface area contributed by atoms with E-state index in [4.69, 9.17) is 9.47 Å². The predicted molar refractivity (Wildman–Crippen MR) is 96.8 cm³/mol. The van der Waals surface area contributed by atoms with Crippen molar-refractivity contribution in [3.63, 3.8) is 0 Å². The third kappa shape index (κ3) is 4.74. The summed E-state index contributed by atoms with van der Waals surface area (Å²) >= 11 is 0. The van der Waals surface area contributed by atoms with Crippen LogP contribution in [0.3, 0.4) is 0 Å². The van der Waals surface area contributed by atoms with Gasteiger partial charge in [-0.15, -0.1) is 0 Å². The maximum atomic E-state index is 5.52. The van der Waals surface area contributed by atoms with Gasteiger partial charge in [-0.3, -0.25) is 0 Å². The molecule has 124 valence electrons. The molecule has 4 heteroatoms. The smallest absolute Gasteiger partial charge is 0.191 e. The first-order valence-electron chi connectivity index (χ1n) is 7.41. The molecule has 0 amide bonds. The number of allylic oxidation sites excluding steroid dienone is 1. The van der Waals surface area contributed by atoms with E-state index in [1.807, 2.05) is 6.08 Å². The zero-order valence-corrected chi connectivity index (χ0v) is 16.2.